The van der Waals surface area contributed by atoms with Gasteiger partial charge in [0.25, 0.3) is 0 Å². The maximum atomic E-state index is 12.3. The van der Waals surface area contributed by atoms with Crippen molar-refractivity contribution in [1.29, 1.82) is 0 Å². The molecule has 1 aliphatic heterocycles. The van der Waals surface area contributed by atoms with Gasteiger partial charge in [0.15, 0.2) is 15.0 Å². The molecule has 1 amide bonds. The molecule has 3 heterocycles. The highest BCUT2D eigenvalue weighted by atomic mass is 32.2. The molecule has 1 N–H and O–H groups in total. The van der Waals surface area contributed by atoms with E-state index in [-0.39, 0.29) is 28.7 Å². The van der Waals surface area contributed by atoms with Gasteiger partial charge in [0.05, 0.1) is 16.8 Å². The van der Waals surface area contributed by atoms with Crippen molar-refractivity contribution >= 4 is 38.8 Å². The molecular weight excluding hydrogens is 380 g/mol. The Morgan fingerprint density at radius 2 is 2.32 bits per heavy atom. The van der Waals surface area contributed by atoms with Gasteiger partial charge in [-0.1, -0.05) is 17.8 Å². The summed E-state index contributed by atoms with van der Waals surface area (Å²) < 4.78 is 24.9. The number of thioether (sulfide) groups is 1. The molecule has 0 spiro atoms. The number of thiophene rings is 1. The van der Waals surface area contributed by atoms with Crippen molar-refractivity contribution in [1.82, 2.24) is 20.1 Å². The smallest absolute Gasteiger partial charge is 0.233 e. The van der Waals surface area contributed by atoms with Gasteiger partial charge in [-0.3, -0.25) is 4.79 Å². The third kappa shape index (κ3) is 4.62. The van der Waals surface area contributed by atoms with Crippen LogP contribution in [0.2, 0.25) is 0 Å². The number of nitrogens with one attached hydrogen (secondary N) is 1. The predicted molar refractivity (Wildman–Crippen MR) is 98.6 cm³/mol. The summed E-state index contributed by atoms with van der Waals surface area (Å²) in [6, 6.07) is 3.77. The Bertz CT molecular complexity index is 846. The van der Waals surface area contributed by atoms with Crippen LogP contribution in [0.5, 0.6) is 0 Å². The molecule has 25 heavy (non-hydrogen) atoms. The van der Waals surface area contributed by atoms with Crippen molar-refractivity contribution in [2.24, 2.45) is 7.05 Å². The average Bonchev–Trinajstić information content (AvgIpc) is 3.25. The zero-order valence-corrected chi connectivity index (χ0v) is 16.5. The summed E-state index contributed by atoms with van der Waals surface area (Å²) in [5.74, 6) is 0.856. The van der Waals surface area contributed by atoms with Crippen LogP contribution < -0.4 is 5.32 Å². The van der Waals surface area contributed by atoms with Gasteiger partial charge in [-0.2, -0.15) is 0 Å². The molecule has 0 bridgehead atoms. The molecule has 2 atom stereocenters. The number of hydrogen-bond acceptors (Lipinski definition) is 7. The molecule has 2 aromatic heterocycles. The zero-order valence-electron chi connectivity index (χ0n) is 14.0. The lowest BCUT2D eigenvalue weighted by Gasteiger charge is -2.15. The lowest BCUT2D eigenvalue weighted by molar-refractivity contribution is -0.120. The van der Waals surface area contributed by atoms with Crippen molar-refractivity contribution in [2.45, 2.75) is 36.2 Å². The van der Waals surface area contributed by atoms with E-state index in [9.17, 15) is 13.2 Å². The highest BCUT2D eigenvalue weighted by molar-refractivity contribution is 8.00. The lowest BCUT2D eigenvalue weighted by atomic mass is 10.2. The SMILES string of the molecule is C[C@H](Sc1nnc(Cc2cccs2)n1C)C(=O)N[C@@H]1CCS(=O)(=O)C1. The average molecular weight is 401 g/mol. The van der Waals surface area contributed by atoms with Crippen molar-refractivity contribution in [3.63, 3.8) is 0 Å². The molecule has 3 rings (SSSR count). The Kier molecular flexibility index (Phi) is 5.49. The fourth-order valence-electron chi connectivity index (χ4n) is 2.61. The number of aromatic nitrogens is 3. The number of amides is 1. The van der Waals surface area contributed by atoms with Crippen LogP contribution in [0.15, 0.2) is 22.7 Å². The van der Waals surface area contributed by atoms with E-state index in [4.69, 9.17) is 0 Å². The zero-order chi connectivity index (χ0) is 18.0. The Hall–Kier alpha value is -1.39. The number of hydrogen-bond donors (Lipinski definition) is 1. The lowest BCUT2D eigenvalue weighted by Crippen LogP contribution is -2.40. The first-order chi connectivity index (χ1) is 11.8. The molecule has 10 heteroatoms. The van der Waals surface area contributed by atoms with Crippen molar-refractivity contribution in [3.05, 3.63) is 28.2 Å². The highest BCUT2D eigenvalue weighted by Gasteiger charge is 2.30. The number of carbonyl (C=O) groups excluding carboxylic acids is 1. The minimum Gasteiger partial charge on any atom is -0.351 e. The molecule has 136 valence electrons. The molecule has 0 saturated carbocycles. The maximum absolute atomic E-state index is 12.3. The van der Waals surface area contributed by atoms with E-state index in [1.54, 1.807) is 18.3 Å². The van der Waals surface area contributed by atoms with Gasteiger partial charge in [-0.15, -0.1) is 21.5 Å². The Morgan fingerprint density at radius 1 is 1.52 bits per heavy atom. The van der Waals surface area contributed by atoms with Crippen LogP contribution in [0.25, 0.3) is 0 Å². The van der Waals surface area contributed by atoms with E-state index in [0.29, 0.717) is 18.0 Å². The second kappa shape index (κ2) is 7.46. The monoisotopic (exact) mass is 400 g/mol. The minimum atomic E-state index is -3.00. The summed E-state index contributed by atoms with van der Waals surface area (Å²) >= 11 is 3.00. The number of sulfone groups is 1. The molecule has 0 aromatic carbocycles. The van der Waals surface area contributed by atoms with Crippen LogP contribution in [-0.4, -0.2) is 51.9 Å². The first-order valence-corrected chi connectivity index (χ1v) is 11.5. The van der Waals surface area contributed by atoms with Crippen LogP contribution >= 0.6 is 23.1 Å². The summed E-state index contributed by atoms with van der Waals surface area (Å²) in [6.07, 6.45) is 1.20. The molecule has 1 aliphatic rings. The van der Waals surface area contributed by atoms with Crippen LogP contribution in [0.4, 0.5) is 0 Å². The number of nitrogens with zero attached hydrogens (tertiary/aromatic N) is 3. The number of carbonyl (C=O) groups is 1. The van der Waals surface area contributed by atoms with Gasteiger partial charge < -0.3 is 9.88 Å². The quantitative estimate of drug-likeness (QED) is 0.734. The molecule has 0 unspecified atom stereocenters. The molecular formula is C15H20N4O3S3. The fourth-order valence-corrected chi connectivity index (χ4v) is 5.83. The van der Waals surface area contributed by atoms with E-state index in [0.717, 1.165) is 5.82 Å². The normalized spacial score (nSPS) is 20.5. The van der Waals surface area contributed by atoms with Crippen molar-refractivity contribution in [2.75, 3.05) is 11.5 Å². The topological polar surface area (TPSA) is 93.9 Å². The van der Waals surface area contributed by atoms with Crippen LogP contribution in [0.3, 0.4) is 0 Å². The second-order valence-corrected chi connectivity index (χ2v) is 10.7. The molecule has 0 radical (unpaired) electrons. The van der Waals surface area contributed by atoms with Crippen LogP contribution in [-0.2, 0) is 28.1 Å². The second-order valence-electron chi connectivity index (χ2n) is 6.08. The highest BCUT2D eigenvalue weighted by Crippen LogP contribution is 2.23. The Labute approximate surface area is 155 Å². The largest absolute Gasteiger partial charge is 0.351 e. The van der Waals surface area contributed by atoms with E-state index < -0.39 is 9.84 Å². The van der Waals surface area contributed by atoms with E-state index in [2.05, 4.69) is 21.6 Å². The molecule has 0 aliphatic carbocycles. The first-order valence-electron chi connectivity index (χ1n) is 7.92. The Morgan fingerprint density at radius 3 is 2.96 bits per heavy atom. The van der Waals surface area contributed by atoms with E-state index >= 15 is 0 Å². The summed E-state index contributed by atoms with van der Waals surface area (Å²) in [5.41, 5.74) is 0. The molecule has 2 aromatic rings. The van der Waals surface area contributed by atoms with Gasteiger partial charge in [-0.25, -0.2) is 8.42 Å². The standard InChI is InChI=1S/C15H20N4O3S3/c1-10(14(20)16-11-5-7-25(21,22)9-11)24-15-18-17-13(19(15)2)8-12-4-3-6-23-12/h3-4,6,10-11H,5,7-9H2,1-2H3,(H,16,20)/t10-,11+/m0/s1. The minimum absolute atomic E-state index is 0.0328. The van der Waals surface area contributed by atoms with E-state index in [1.807, 2.05) is 23.1 Å². The van der Waals surface area contributed by atoms with Gasteiger partial charge in [0.1, 0.15) is 5.82 Å². The number of rotatable bonds is 6. The Balaban J connectivity index is 1.58. The van der Waals surface area contributed by atoms with E-state index in [1.165, 1.54) is 16.6 Å². The van der Waals surface area contributed by atoms with Gasteiger partial charge >= 0.3 is 0 Å². The third-order valence-corrected chi connectivity index (χ3v) is 7.85. The van der Waals surface area contributed by atoms with Crippen LogP contribution in [0, 0.1) is 0 Å². The first kappa shape index (κ1) is 18.4. The summed E-state index contributed by atoms with van der Waals surface area (Å²) in [5, 5.41) is 13.5. The predicted octanol–water partition coefficient (Wildman–Crippen LogP) is 1.25. The summed E-state index contributed by atoms with van der Waals surface area (Å²) in [4.78, 5) is 13.5. The molecule has 7 nitrogen and oxygen atoms in total. The van der Waals surface area contributed by atoms with Gasteiger partial charge in [-0.05, 0) is 24.8 Å². The maximum Gasteiger partial charge on any atom is 0.233 e. The molecule has 1 saturated heterocycles. The summed E-state index contributed by atoms with van der Waals surface area (Å²) in [6.45, 7) is 1.79. The van der Waals surface area contributed by atoms with Gasteiger partial charge in [0.2, 0.25) is 5.91 Å². The fraction of sp³-hybridized carbons (Fsp3) is 0.533. The van der Waals surface area contributed by atoms with Crippen molar-refractivity contribution in [3.8, 4) is 0 Å². The molecule has 1 fully saturated rings. The third-order valence-electron chi connectivity index (χ3n) is 4.07. The van der Waals surface area contributed by atoms with Crippen molar-refractivity contribution < 1.29 is 13.2 Å². The van der Waals surface area contributed by atoms with Gasteiger partial charge in [0, 0.05) is 24.4 Å². The van der Waals surface area contributed by atoms with Crippen LogP contribution in [0.1, 0.15) is 24.0 Å². The summed E-state index contributed by atoms with van der Waals surface area (Å²) in [7, 11) is -1.11.